The molecule has 0 spiro atoms. The average molecular weight is 611 g/mol. The Labute approximate surface area is 258 Å². The van der Waals surface area contributed by atoms with E-state index in [2.05, 4.69) is 25.9 Å². The normalized spacial score (nSPS) is 14.2. The lowest BCUT2D eigenvalue weighted by Crippen LogP contribution is -2.31. The molecular weight excluding hydrogens is 564 g/mol. The molecule has 0 aliphatic carbocycles. The van der Waals surface area contributed by atoms with Gasteiger partial charge in [-0.05, 0) is 74.5 Å². The van der Waals surface area contributed by atoms with Crippen molar-refractivity contribution in [3.05, 3.63) is 60.3 Å². The Morgan fingerprint density at radius 2 is 1.14 bits per heavy atom. The Morgan fingerprint density at radius 1 is 0.682 bits per heavy atom. The Bertz CT molecular complexity index is 1220. The fourth-order valence-electron chi connectivity index (χ4n) is 4.59. The molecule has 1 aliphatic rings. The molecular formula is C31H46N8O5. The van der Waals surface area contributed by atoms with Gasteiger partial charge in [0, 0.05) is 62.4 Å². The highest BCUT2D eigenvalue weighted by Crippen LogP contribution is 2.21. The van der Waals surface area contributed by atoms with Crippen LogP contribution in [0.25, 0.3) is 0 Å². The fourth-order valence-corrected chi connectivity index (χ4v) is 4.59. The van der Waals surface area contributed by atoms with E-state index in [-0.39, 0.29) is 32.3 Å². The van der Waals surface area contributed by atoms with E-state index in [1.807, 2.05) is 58.3 Å². The van der Waals surface area contributed by atoms with E-state index in [9.17, 15) is 4.79 Å². The summed E-state index contributed by atoms with van der Waals surface area (Å²) in [6, 6.07) is 15.2. The summed E-state index contributed by atoms with van der Waals surface area (Å²) in [5.74, 6) is -0.217. The molecule has 0 saturated heterocycles. The zero-order chi connectivity index (χ0) is 31.6. The highest BCUT2D eigenvalue weighted by Gasteiger charge is 2.19. The van der Waals surface area contributed by atoms with Crippen LogP contribution in [0.15, 0.2) is 70.3 Å². The summed E-state index contributed by atoms with van der Waals surface area (Å²) in [6.45, 7) is 5.48. The lowest BCUT2D eigenvalue weighted by Gasteiger charge is -2.20. The number of aliphatic hydroxyl groups is 4. The zero-order valence-corrected chi connectivity index (χ0v) is 25.2. The summed E-state index contributed by atoms with van der Waals surface area (Å²) in [7, 11) is 0. The standard InChI is InChI=1S/C31H46N8O5/c32-30-29(44)23-28(35-26-7-3-24(4-8-26)33-11-1-13-38(15-19-40)16-20-41)31(37-30)36-27-9-5-25(6-10-27)34-12-2-14-39(17-21-42)18-22-43/h3-10,23,33-35,40-43H,1-2,11-22H2,(H2,32,36,37). The highest BCUT2D eigenvalue weighted by atomic mass is 16.3. The topological polar surface area (TPSA) is 191 Å². The molecule has 0 fully saturated rings. The van der Waals surface area contributed by atoms with Crippen LogP contribution in [0.2, 0.25) is 0 Å². The molecule has 13 heteroatoms. The van der Waals surface area contributed by atoms with Gasteiger partial charge < -0.3 is 42.1 Å². The number of carbonyl (C=O) groups excluding carboxylic acids is 1. The van der Waals surface area contributed by atoms with E-state index >= 15 is 0 Å². The molecule has 0 bridgehead atoms. The second kappa shape index (κ2) is 19.4. The van der Waals surface area contributed by atoms with Crippen molar-refractivity contribution in [1.29, 1.82) is 0 Å². The van der Waals surface area contributed by atoms with Crippen LogP contribution in [0.4, 0.5) is 22.7 Å². The lowest BCUT2D eigenvalue weighted by atomic mass is 10.2. The quantitative estimate of drug-likeness (QED) is 0.0934. The number of rotatable bonds is 21. The van der Waals surface area contributed by atoms with Gasteiger partial charge >= 0.3 is 0 Å². The van der Waals surface area contributed by atoms with Crippen molar-refractivity contribution >= 4 is 40.2 Å². The number of hydrogen-bond acceptors (Lipinski definition) is 12. The number of nitrogens with zero attached hydrogens (tertiary/aromatic N) is 4. The molecule has 0 amide bonds. The van der Waals surface area contributed by atoms with Gasteiger partial charge in [-0.15, -0.1) is 0 Å². The monoisotopic (exact) mass is 610 g/mol. The Hall–Kier alpha value is -3.85. The third-order valence-corrected chi connectivity index (χ3v) is 6.89. The summed E-state index contributed by atoms with van der Waals surface area (Å²) in [6.07, 6.45) is 3.12. The summed E-state index contributed by atoms with van der Waals surface area (Å²) < 4.78 is 0. The molecule has 1 heterocycles. The first-order chi connectivity index (χ1) is 21.4. The summed E-state index contributed by atoms with van der Waals surface area (Å²) >= 11 is 0. The predicted molar refractivity (Wildman–Crippen MR) is 176 cm³/mol. The van der Waals surface area contributed by atoms with Gasteiger partial charge in [0.1, 0.15) is 0 Å². The third-order valence-electron chi connectivity index (χ3n) is 6.89. The number of nitrogens with two attached hydrogens (primary N) is 1. The molecule has 240 valence electrons. The number of anilines is 3. The molecule has 44 heavy (non-hydrogen) atoms. The highest BCUT2D eigenvalue weighted by molar-refractivity contribution is 6.47. The fraction of sp³-hybridized carbons (Fsp3) is 0.452. The van der Waals surface area contributed by atoms with Gasteiger partial charge in [-0.3, -0.25) is 14.6 Å². The SMILES string of the molecule is NC1=NC(=Nc2ccc(NCCCN(CCO)CCO)cc2)C(Nc2ccc(NCCCN(CCO)CCO)cc2)=CC1=O. The van der Waals surface area contributed by atoms with Gasteiger partial charge in [-0.1, -0.05) is 0 Å². The molecule has 0 unspecified atom stereocenters. The molecule has 9 N–H and O–H groups in total. The third kappa shape index (κ3) is 12.0. The van der Waals surface area contributed by atoms with Crippen LogP contribution in [0.1, 0.15) is 12.8 Å². The van der Waals surface area contributed by atoms with Crippen molar-refractivity contribution in [3.8, 4) is 0 Å². The Morgan fingerprint density at radius 3 is 1.61 bits per heavy atom. The van der Waals surface area contributed by atoms with Gasteiger partial charge in [0.15, 0.2) is 11.7 Å². The summed E-state index contributed by atoms with van der Waals surface area (Å²) in [5.41, 5.74) is 9.55. The van der Waals surface area contributed by atoms with Crippen LogP contribution in [0, 0.1) is 0 Å². The van der Waals surface area contributed by atoms with Crippen LogP contribution < -0.4 is 21.7 Å². The van der Waals surface area contributed by atoms with E-state index in [1.54, 1.807) is 0 Å². The minimum absolute atomic E-state index is 0.0676. The Kier molecular flexibility index (Phi) is 15.3. The van der Waals surface area contributed by atoms with Crippen molar-refractivity contribution < 1.29 is 25.2 Å². The predicted octanol–water partition coefficient (Wildman–Crippen LogP) is 0.830. The maximum atomic E-state index is 12.3. The number of aliphatic imine (C=N–C) groups is 2. The van der Waals surface area contributed by atoms with Crippen molar-refractivity contribution in [2.24, 2.45) is 15.7 Å². The van der Waals surface area contributed by atoms with Crippen molar-refractivity contribution in [3.63, 3.8) is 0 Å². The Balaban J connectivity index is 1.54. The first-order valence-corrected chi connectivity index (χ1v) is 15.0. The molecule has 2 aromatic carbocycles. The first kappa shape index (κ1) is 34.6. The van der Waals surface area contributed by atoms with Gasteiger partial charge in [0.05, 0.1) is 37.8 Å². The maximum Gasteiger partial charge on any atom is 0.222 e. The number of amidine groups is 2. The molecule has 0 aromatic heterocycles. The summed E-state index contributed by atoms with van der Waals surface area (Å²) in [4.78, 5) is 25.2. The number of ketones is 1. The number of aliphatic hydroxyl groups excluding tert-OH is 4. The largest absolute Gasteiger partial charge is 0.395 e. The number of hydrogen-bond donors (Lipinski definition) is 8. The van der Waals surface area contributed by atoms with E-state index in [1.165, 1.54) is 6.08 Å². The summed E-state index contributed by atoms with van der Waals surface area (Å²) in [5, 5.41) is 46.5. The van der Waals surface area contributed by atoms with Crippen LogP contribution in [0.5, 0.6) is 0 Å². The van der Waals surface area contributed by atoms with Gasteiger partial charge in [0.2, 0.25) is 5.78 Å². The second-order valence-corrected chi connectivity index (χ2v) is 10.2. The molecule has 0 atom stereocenters. The second-order valence-electron chi connectivity index (χ2n) is 10.2. The molecule has 2 aromatic rings. The van der Waals surface area contributed by atoms with Crippen LogP contribution in [0.3, 0.4) is 0 Å². The first-order valence-electron chi connectivity index (χ1n) is 15.0. The van der Waals surface area contributed by atoms with E-state index < -0.39 is 5.78 Å². The molecule has 3 rings (SSSR count). The smallest absolute Gasteiger partial charge is 0.222 e. The minimum atomic E-state index is -0.391. The molecule has 1 aliphatic heterocycles. The zero-order valence-electron chi connectivity index (χ0n) is 25.2. The average Bonchev–Trinajstić information content (AvgIpc) is 3.02. The van der Waals surface area contributed by atoms with Crippen molar-refractivity contribution in [2.45, 2.75) is 12.8 Å². The number of benzene rings is 2. The van der Waals surface area contributed by atoms with E-state index in [0.717, 1.165) is 56.1 Å². The minimum Gasteiger partial charge on any atom is -0.395 e. The van der Waals surface area contributed by atoms with Crippen LogP contribution in [-0.2, 0) is 4.79 Å². The number of dihydropyridines is 1. The molecule has 0 saturated carbocycles. The maximum absolute atomic E-state index is 12.3. The van der Waals surface area contributed by atoms with E-state index in [4.69, 9.17) is 26.2 Å². The van der Waals surface area contributed by atoms with Crippen LogP contribution >= 0.6 is 0 Å². The van der Waals surface area contributed by atoms with Crippen molar-refractivity contribution in [2.75, 3.05) is 94.7 Å². The van der Waals surface area contributed by atoms with Gasteiger partial charge in [-0.2, -0.15) is 0 Å². The van der Waals surface area contributed by atoms with Crippen molar-refractivity contribution in [1.82, 2.24) is 9.80 Å². The number of carbonyl (C=O) groups is 1. The number of nitrogens with one attached hydrogen (secondary N) is 3. The van der Waals surface area contributed by atoms with Gasteiger partial charge in [-0.25, -0.2) is 9.98 Å². The lowest BCUT2D eigenvalue weighted by molar-refractivity contribution is -0.109. The molecule has 13 nitrogen and oxygen atoms in total. The van der Waals surface area contributed by atoms with E-state index in [0.29, 0.717) is 43.4 Å². The molecule has 0 radical (unpaired) electrons. The van der Waals surface area contributed by atoms with Gasteiger partial charge in [0.25, 0.3) is 0 Å². The van der Waals surface area contributed by atoms with Crippen LogP contribution in [-0.4, -0.2) is 126 Å².